The number of hydrogen-bond acceptors (Lipinski definition) is 9. The molecule has 0 bridgehead atoms. The number of anilines is 2. The molecule has 0 spiro atoms. The van der Waals surface area contributed by atoms with Gasteiger partial charge in [0.2, 0.25) is 0 Å². The first-order valence-electron chi connectivity index (χ1n) is 8.50. The molecule has 3 rings (SSSR count). The molecule has 1 amide bonds. The summed E-state index contributed by atoms with van der Waals surface area (Å²) in [6.45, 7) is -0.655. The Labute approximate surface area is 175 Å². The minimum atomic E-state index is -4.25. The zero-order valence-electron chi connectivity index (χ0n) is 15.5. The highest BCUT2D eigenvalue weighted by atomic mass is 32.2. The Morgan fingerprint density at radius 3 is 2.61 bits per heavy atom. The number of hydrogen-bond donors (Lipinski definition) is 2. The number of carbonyl (C=O) groups is 2. The van der Waals surface area contributed by atoms with Gasteiger partial charge in [-0.05, 0) is 18.2 Å². The predicted octanol–water partition coefficient (Wildman–Crippen LogP) is 2.18. The van der Waals surface area contributed by atoms with Crippen molar-refractivity contribution in [3.63, 3.8) is 0 Å². The molecule has 0 radical (unpaired) electrons. The van der Waals surface area contributed by atoms with E-state index in [4.69, 9.17) is 4.74 Å². The summed E-state index contributed by atoms with van der Waals surface area (Å²) in [5, 5.41) is 16.7. The van der Waals surface area contributed by atoms with Crippen molar-refractivity contribution in [3.05, 3.63) is 76.5 Å². The molecule has 1 aromatic heterocycles. The molecule has 0 fully saturated rings. The topological polar surface area (TPSA) is 171 Å². The molecule has 0 aliphatic carbocycles. The van der Waals surface area contributed by atoms with Gasteiger partial charge in [-0.1, -0.05) is 23.4 Å². The van der Waals surface area contributed by atoms with Gasteiger partial charge in [0.25, 0.3) is 21.6 Å². The van der Waals surface area contributed by atoms with Crippen LogP contribution in [-0.2, 0) is 19.6 Å². The van der Waals surface area contributed by atoms with Gasteiger partial charge in [-0.25, -0.2) is 13.2 Å². The maximum Gasteiger partial charge on any atom is 0.340 e. The molecule has 0 aliphatic heterocycles. The number of ether oxygens (including phenoxy) is 1. The minimum Gasteiger partial charge on any atom is -0.452 e. The molecular weight excluding hydrogens is 432 g/mol. The summed E-state index contributed by atoms with van der Waals surface area (Å²) in [5.74, 6) is -1.52. The van der Waals surface area contributed by atoms with Crippen molar-refractivity contribution >= 4 is 39.1 Å². The first-order valence-corrected chi connectivity index (χ1v) is 9.98. The van der Waals surface area contributed by atoms with Crippen LogP contribution in [-0.4, -0.2) is 37.0 Å². The summed E-state index contributed by atoms with van der Waals surface area (Å²) in [5.41, 5.74) is -0.699. The summed E-state index contributed by atoms with van der Waals surface area (Å²) >= 11 is 0. The Hall–Kier alpha value is -4.26. The van der Waals surface area contributed by atoms with Crippen molar-refractivity contribution in [1.29, 1.82) is 0 Å². The first-order chi connectivity index (χ1) is 14.8. The van der Waals surface area contributed by atoms with Crippen molar-refractivity contribution in [3.8, 4) is 0 Å². The third-order valence-corrected chi connectivity index (χ3v) is 5.13. The van der Waals surface area contributed by atoms with Gasteiger partial charge in [-0.15, -0.1) is 0 Å². The molecule has 2 N–H and O–H groups in total. The quantitative estimate of drug-likeness (QED) is 0.299. The average Bonchev–Trinajstić information content (AvgIpc) is 3.25. The Bertz CT molecular complexity index is 1220. The average molecular weight is 446 g/mol. The summed E-state index contributed by atoms with van der Waals surface area (Å²) < 4.78 is 36.9. The highest BCUT2D eigenvalue weighted by Crippen LogP contribution is 2.23. The number of para-hydroxylation sites is 1. The van der Waals surface area contributed by atoms with E-state index in [0.29, 0.717) is 0 Å². The van der Waals surface area contributed by atoms with Crippen LogP contribution in [0.5, 0.6) is 0 Å². The van der Waals surface area contributed by atoms with Gasteiger partial charge in [0.1, 0.15) is 6.26 Å². The molecule has 2 aromatic carbocycles. The number of esters is 1. The predicted molar refractivity (Wildman–Crippen MR) is 106 cm³/mol. The molecule has 13 heteroatoms. The molecule has 0 unspecified atom stereocenters. The standard InChI is InChI=1S/C18H14N4O8S/c23-17(19-16-8-9-30-20-16)11-29-18(24)14-6-1-2-7-15(14)21-31(27,28)13-5-3-4-12(10-13)22(25)26/h1-10,21H,11H2,(H,19,20,23). The molecular formula is C18H14N4O8S. The van der Waals surface area contributed by atoms with Gasteiger partial charge in [-0.3, -0.25) is 19.6 Å². The van der Waals surface area contributed by atoms with Crippen molar-refractivity contribution in [2.24, 2.45) is 0 Å². The van der Waals surface area contributed by atoms with Gasteiger partial charge < -0.3 is 14.6 Å². The number of nitrogens with zero attached hydrogens (tertiary/aromatic N) is 2. The van der Waals surface area contributed by atoms with Gasteiger partial charge >= 0.3 is 5.97 Å². The number of benzene rings is 2. The maximum absolute atomic E-state index is 12.6. The van der Waals surface area contributed by atoms with Crippen LogP contribution in [0.2, 0.25) is 0 Å². The highest BCUT2D eigenvalue weighted by molar-refractivity contribution is 7.92. The number of aromatic nitrogens is 1. The third-order valence-electron chi connectivity index (χ3n) is 3.77. The second-order valence-electron chi connectivity index (χ2n) is 5.91. The normalized spacial score (nSPS) is 10.8. The number of nitro groups is 1. The molecule has 0 saturated carbocycles. The van der Waals surface area contributed by atoms with Crippen molar-refractivity contribution in [1.82, 2.24) is 5.16 Å². The maximum atomic E-state index is 12.6. The van der Waals surface area contributed by atoms with Crippen LogP contribution in [0.1, 0.15) is 10.4 Å². The zero-order valence-corrected chi connectivity index (χ0v) is 16.4. The fraction of sp³-hybridized carbons (Fsp3) is 0.0556. The van der Waals surface area contributed by atoms with Gasteiger partial charge in [0.15, 0.2) is 12.4 Å². The van der Waals surface area contributed by atoms with Gasteiger partial charge in [0.05, 0.1) is 21.1 Å². The fourth-order valence-electron chi connectivity index (χ4n) is 2.38. The number of sulfonamides is 1. The summed E-state index contributed by atoms with van der Waals surface area (Å²) in [4.78, 5) is 34.0. The second-order valence-corrected chi connectivity index (χ2v) is 7.60. The molecule has 3 aromatic rings. The van der Waals surface area contributed by atoms with Gasteiger partial charge in [-0.2, -0.15) is 0 Å². The smallest absolute Gasteiger partial charge is 0.340 e. The third kappa shape index (κ3) is 5.42. The van der Waals surface area contributed by atoms with E-state index in [1.807, 2.05) is 0 Å². The molecule has 1 heterocycles. The SMILES string of the molecule is O=C(COC(=O)c1ccccc1NS(=O)(=O)c1cccc([N+](=O)[O-])c1)Nc1ccon1. The second kappa shape index (κ2) is 9.04. The number of non-ortho nitro benzene ring substituents is 1. The molecule has 0 aliphatic rings. The van der Waals surface area contributed by atoms with Gasteiger partial charge in [0, 0.05) is 18.2 Å². The fourth-order valence-corrected chi connectivity index (χ4v) is 3.50. The number of nitrogens with one attached hydrogen (secondary N) is 2. The van der Waals surface area contributed by atoms with E-state index in [-0.39, 0.29) is 22.0 Å². The molecule has 160 valence electrons. The minimum absolute atomic E-state index is 0.129. The van der Waals surface area contributed by atoms with Crippen molar-refractivity contribution in [2.45, 2.75) is 4.90 Å². The zero-order chi connectivity index (χ0) is 22.4. The Morgan fingerprint density at radius 2 is 1.90 bits per heavy atom. The van der Waals surface area contributed by atoms with E-state index < -0.39 is 39.1 Å². The lowest BCUT2D eigenvalue weighted by molar-refractivity contribution is -0.385. The van der Waals surface area contributed by atoms with Crippen LogP contribution >= 0.6 is 0 Å². The van der Waals surface area contributed by atoms with Crippen LogP contribution in [0.25, 0.3) is 0 Å². The van der Waals surface area contributed by atoms with E-state index in [1.54, 1.807) is 0 Å². The van der Waals surface area contributed by atoms with E-state index in [9.17, 15) is 28.1 Å². The van der Waals surface area contributed by atoms with Crippen LogP contribution in [0.4, 0.5) is 17.2 Å². The van der Waals surface area contributed by atoms with Crippen LogP contribution in [0.3, 0.4) is 0 Å². The highest BCUT2D eigenvalue weighted by Gasteiger charge is 2.22. The lowest BCUT2D eigenvalue weighted by Gasteiger charge is -2.12. The molecule has 12 nitrogen and oxygen atoms in total. The van der Waals surface area contributed by atoms with Crippen LogP contribution in [0, 0.1) is 10.1 Å². The Morgan fingerprint density at radius 1 is 1.13 bits per heavy atom. The van der Waals surface area contributed by atoms with Crippen molar-refractivity contribution < 1.29 is 32.2 Å². The summed E-state index contributed by atoms with van der Waals surface area (Å²) in [6.07, 6.45) is 1.24. The molecule has 0 saturated heterocycles. The molecule has 31 heavy (non-hydrogen) atoms. The lowest BCUT2D eigenvalue weighted by Crippen LogP contribution is -2.22. The summed E-state index contributed by atoms with van der Waals surface area (Å²) in [6, 6.07) is 11.4. The van der Waals surface area contributed by atoms with Crippen molar-refractivity contribution in [2.75, 3.05) is 16.6 Å². The number of carbonyl (C=O) groups excluding carboxylic acids is 2. The summed E-state index contributed by atoms with van der Waals surface area (Å²) in [7, 11) is -4.25. The monoisotopic (exact) mass is 446 g/mol. The Balaban J connectivity index is 1.73. The number of nitro benzene ring substituents is 1. The van der Waals surface area contributed by atoms with E-state index in [0.717, 1.165) is 12.1 Å². The first kappa shape index (κ1) is 21.4. The van der Waals surface area contributed by atoms with E-state index in [1.165, 1.54) is 48.7 Å². The van der Waals surface area contributed by atoms with E-state index >= 15 is 0 Å². The lowest BCUT2D eigenvalue weighted by atomic mass is 10.2. The van der Waals surface area contributed by atoms with E-state index in [2.05, 4.69) is 19.7 Å². The van der Waals surface area contributed by atoms with Crippen LogP contribution < -0.4 is 10.0 Å². The number of amides is 1. The largest absolute Gasteiger partial charge is 0.452 e. The molecule has 0 atom stereocenters. The Kier molecular flexibility index (Phi) is 6.26. The number of rotatable bonds is 8. The van der Waals surface area contributed by atoms with Crippen LogP contribution in [0.15, 0.2) is 70.3 Å².